The number of nitrogens with one attached hydrogen (secondary N) is 2. The molecule has 8 heteroatoms. The van der Waals surface area contributed by atoms with Gasteiger partial charge in [-0.3, -0.25) is 9.79 Å². The Kier molecular flexibility index (Phi) is 9.71. The Hall–Kier alpha value is -2.00. The molecule has 1 aliphatic rings. The van der Waals surface area contributed by atoms with E-state index in [2.05, 4.69) is 15.6 Å². The Labute approximate surface area is 200 Å². The number of aliphatic imine (C=N–C) groups is 1. The molecule has 1 amide bonds. The average molecular weight is 543 g/mol. The molecule has 0 aliphatic heterocycles. The summed E-state index contributed by atoms with van der Waals surface area (Å²) in [6.07, 6.45) is 2.14. The lowest BCUT2D eigenvalue weighted by Gasteiger charge is -2.22. The normalized spacial score (nSPS) is 13.2. The third-order valence-corrected chi connectivity index (χ3v) is 4.97. The van der Waals surface area contributed by atoms with Crippen molar-refractivity contribution in [2.24, 2.45) is 4.99 Å². The van der Waals surface area contributed by atoms with E-state index in [4.69, 9.17) is 16.3 Å². The fourth-order valence-electron chi connectivity index (χ4n) is 2.91. The molecule has 2 aromatic carbocycles. The average Bonchev–Trinajstić information content (AvgIpc) is 3.53. The standard InChI is InChI=1S/C22H27ClN4O2.HI/c1-24-22(27(2)14-17-7-3-4-9-20(17)23)25-13-16-6-5-8-19(12-16)29-15-21(28)26-18-10-11-18;/h3-9,12,18H,10-11,13-15H2,1-2H3,(H,24,25)(H,26,28);1H. The summed E-state index contributed by atoms with van der Waals surface area (Å²) in [5.41, 5.74) is 2.08. The number of nitrogens with zero attached hydrogens (tertiary/aromatic N) is 2. The lowest BCUT2D eigenvalue weighted by Crippen LogP contribution is -2.38. The lowest BCUT2D eigenvalue weighted by molar-refractivity contribution is -0.123. The zero-order valence-electron chi connectivity index (χ0n) is 17.2. The van der Waals surface area contributed by atoms with Crippen molar-refractivity contribution in [3.05, 3.63) is 64.7 Å². The summed E-state index contributed by atoms with van der Waals surface area (Å²) in [5.74, 6) is 1.37. The van der Waals surface area contributed by atoms with Gasteiger partial charge in [-0.15, -0.1) is 24.0 Å². The first-order valence-electron chi connectivity index (χ1n) is 9.71. The minimum atomic E-state index is -0.0716. The molecule has 0 unspecified atom stereocenters. The predicted molar refractivity (Wildman–Crippen MR) is 132 cm³/mol. The van der Waals surface area contributed by atoms with Gasteiger partial charge >= 0.3 is 0 Å². The molecule has 0 radical (unpaired) electrons. The summed E-state index contributed by atoms with van der Waals surface area (Å²) in [4.78, 5) is 18.1. The Morgan fingerprint density at radius 3 is 2.70 bits per heavy atom. The highest BCUT2D eigenvalue weighted by Gasteiger charge is 2.23. The molecule has 1 saturated carbocycles. The number of carbonyl (C=O) groups is 1. The summed E-state index contributed by atoms with van der Waals surface area (Å²) in [6.45, 7) is 1.28. The summed E-state index contributed by atoms with van der Waals surface area (Å²) >= 11 is 6.26. The van der Waals surface area contributed by atoms with Gasteiger partial charge in [0.25, 0.3) is 5.91 Å². The van der Waals surface area contributed by atoms with Gasteiger partial charge in [0.2, 0.25) is 0 Å². The molecule has 1 fully saturated rings. The first-order valence-corrected chi connectivity index (χ1v) is 10.1. The molecule has 2 N–H and O–H groups in total. The van der Waals surface area contributed by atoms with Crippen LogP contribution in [0.5, 0.6) is 5.75 Å². The summed E-state index contributed by atoms with van der Waals surface area (Å²) in [5, 5.41) is 7.01. The van der Waals surface area contributed by atoms with E-state index in [1.807, 2.05) is 60.5 Å². The third-order valence-electron chi connectivity index (χ3n) is 4.60. The van der Waals surface area contributed by atoms with E-state index >= 15 is 0 Å². The van der Waals surface area contributed by atoms with E-state index in [1.54, 1.807) is 7.05 Å². The van der Waals surface area contributed by atoms with E-state index in [0.29, 0.717) is 24.9 Å². The number of carbonyl (C=O) groups excluding carboxylic acids is 1. The quantitative estimate of drug-likeness (QED) is 0.302. The van der Waals surface area contributed by atoms with Gasteiger partial charge in [0.05, 0.1) is 0 Å². The van der Waals surface area contributed by atoms with Crippen LogP contribution in [0.1, 0.15) is 24.0 Å². The van der Waals surface area contributed by atoms with Crippen LogP contribution in [0.2, 0.25) is 5.02 Å². The number of amides is 1. The van der Waals surface area contributed by atoms with E-state index in [1.165, 1.54) is 0 Å². The predicted octanol–water partition coefficient (Wildman–Crippen LogP) is 3.82. The van der Waals surface area contributed by atoms with Crippen LogP contribution >= 0.6 is 35.6 Å². The molecule has 0 heterocycles. The van der Waals surface area contributed by atoms with Gasteiger partial charge in [0.15, 0.2) is 12.6 Å². The second kappa shape index (κ2) is 12.0. The van der Waals surface area contributed by atoms with E-state index in [0.717, 1.165) is 35.0 Å². The molecule has 0 spiro atoms. The molecular weight excluding hydrogens is 515 g/mol. The van der Waals surface area contributed by atoms with Crippen molar-refractivity contribution >= 4 is 47.4 Å². The van der Waals surface area contributed by atoms with Crippen molar-refractivity contribution < 1.29 is 9.53 Å². The summed E-state index contributed by atoms with van der Waals surface area (Å²) in [6, 6.07) is 15.8. The second-order valence-electron chi connectivity index (χ2n) is 7.13. The van der Waals surface area contributed by atoms with E-state index < -0.39 is 0 Å². The Bertz CT molecular complexity index is 874. The van der Waals surface area contributed by atoms with Crippen molar-refractivity contribution in [2.75, 3.05) is 20.7 Å². The van der Waals surface area contributed by atoms with Gasteiger partial charge in [-0.1, -0.05) is 41.9 Å². The van der Waals surface area contributed by atoms with Gasteiger partial charge in [0.1, 0.15) is 5.75 Å². The second-order valence-corrected chi connectivity index (χ2v) is 7.53. The van der Waals surface area contributed by atoms with Gasteiger partial charge in [-0.25, -0.2) is 0 Å². The topological polar surface area (TPSA) is 66.0 Å². The minimum absolute atomic E-state index is 0. The van der Waals surface area contributed by atoms with Crippen LogP contribution in [0.25, 0.3) is 0 Å². The highest BCUT2D eigenvalue weighted by molar-refractivity contribution is 14.0. The maximum absolute atomic E-state index is 11.8. The van der Waals surface area contributed by atoms with Crippen LogP contribution < -0.4 is 15.4 Å². The number of rotatable bonds is 8. The first-order chi connectivity index (χ1) is 14.0. The van der Waals surface area contributed by atoms with Gasteiger partial charge < -0.3 is 20.3 Å². The highest BCUT2D eigenvalue weighted by Crippen LogP contribution is 2.19. The molecule has 0 saturated heterocycles. The fourth-order valence-corrected chi connectivity index (χ4v) is 3.11. The zero-order valence-corrected chi connectivity index (χ0v) is 20.3. The van der Waals surface area contributed by atoms with Crippen LogP contribution in [-0.4, -0.2) is 43.5 Å². The summed E-state index contributed by atoms with van der Waals surface area (Å²) < 4.78 is 5.61. The van der Waals surface area contributed by atoms with Crippen LogP contribution in [-0.2, 0) is 17.9 Å². The zero-order chi connectivity index (χ0) is 20.6. The Balaban J connectivity index is 0.00000320. The maximum Gasteiger partial charge on any atom is 0.258 e. The van der Waals surface area contributed by atoms with Gasteiger partial charge in [-0.05, 0) is 42.2 Å². The monoisotopic (exact) mass is 542 g/mol. The van der Waals surface area contributed by atoms with Crippen molar-refractivity contribution in [3.63, 3.8) is 0 Å². The van der Waals surface area contributed by atoms with Crippen LogP contribution in [0.15, 0.2) is 53.5 Å². The van der Waals surface area contributed by atoms with Crippen LogP contribution in [0.3, 0.4) is 0 Å². The van der Waals surface area contributed by atoms with E-state index in [9.17, 15) is 4.79 Å². The number of benzene rings is 2. The number of ether oxygens (including phenoxy) is 1. The molecule has 0 aromatic heterocycles. The van der Waals surface area contributed by atoms with Crippen molar-refractivity contribution in [1.29, 1.82) is 0 Å². The number of hydrogen-bond acceptors (Lipinski definition) is 3. The van der Waals surface area contributed by atoms with Gasteiger partial charge in [0, 0.05) is 38.2 Å². The Morgan fingerprint density at radius 2 is 2.00 bits per heavy atom. The third kappa shape index (κ3) is 7.68. The van der Waals surface area contributed by atoms with Crippen LogP contribution in [0, 0.1) is 0 Å². The maximum atomic E-state index is 11.8. The van der Waals surface area contributed by atoms with E-state index in [-0.39, 0.29) is 36.5 Å². The number of guanidine groups is 1. The molecule has 3 rings (SSSR count). The highest BCUT2D eigenvalue weighted by atomic mass is 127. The molecule has 2 aromatic rings. The number of hydrogen-bond donors (Lipinski definition) is 2. The van der Waals surface area contributed by atoms with Crippen LogP contribution in [0.4, 0.5) is 0 Å². The molecule has 6 nitrogen and oxygen atoms in total. The first kappa shape index (κ1) is 24.3. The molecular formula is C22H28ClIN4O2. The van der Waals surface area contributed by atoms with Crippen molar-refractivity contribution in [2.45, 2.75) is 32.0 Å². The molecule has 0 atom stereocenters. The SMILES string of the molecule is CN=C(NCc1cccc(OCC(=O)NC2CC2)c1)N(C)Cc1ccccc1Cl.I. The molecule has 162 valence electrons. The smallest absolute Gasteiger partial charge is 0.258 e. The Morgan fingerprint density at radius 1 is 1.23 bits per heavy atom. The molecule has 30 heavy (non-hydrogen) atoms. The lowest BCUT2D eigenvalue weighted by atomic mass is 10.2. The van der Waals surface area contributed by atoms with Gasteiger partial charge in [-0.2, -0.15) is 0 Å². The fraction of sp³-hybridized carbons (Fsp3) is 0.364. The summed E-state index contributed by atoms with van der Waals surface area (Å²) in [7, 11) is 3.72. The number of halogens is 2. The van der Waals surface area contributed by atoms with Crippen molar-refractivity contribution in [1.82, 2.24) is 15.5 Å². The van der Waals surface area contributed by atoms with Crippen molar-refractivity contribution in [3.8, 4) is 5.75 Å². The largest absolute Gasteiger partial charge is 0.484 e. The molecule has 1 aliphatic carbocycles. The minimum Gasteiger partial charge on any atom is -0.484 e. The molecule has 0 bridgehead atoms.